The van der Waals surface area contributed by atoms with Crippen molar-refractivity contribution in [3.63, 3.8) is 0 Å². The molecule has 1 aromatic carbocycles. The second-order valence-corrected chi connectivity index (χ2v) is 12.0. The average Bonchev–Trinajstić information content (AvgIpc) is 2.35. The Morgan fingerprint density at radius 3 is 2.10 bits per heavy atom. The summed E-state index contributed by atoms with van der Waals surface area (Å²) in [4.78, 5) is 24.2. The molecule has 3 nitrogen and oxygen atoms in total. The Morgan fingerprint density at radius 1 is 1.15 bits per heavy atom. The molecule has 0 unspecified atom stereocenters. The highest BCUT2D eigenvalue weighted by atomic mass is 35.5. The summed E-state index contributed by atoms with van der Waals surface area (Å²) in [7, 11) is -2.35. The Bertz CT molecular complexity index is 501. The van der Waals surface area contributed by atoms with Gasteiger partial charge in [0.05, 0.1) is 0 Å². The Hall–Kier alpha value is -1.13. The van der Waals surface area contributed by atoms with E-state index in [1.807, 2.05) is 33.9 Å². The Morgan fingerprint density at radius 2 is 1.65 bits per heavy atom. The summed E-state index contributed by atoms with van der Waals surface area (Å²) >= 11 is 5.78. The van der Waals surface area contributed by atoms with Crippen molar-refractivity contribution in [2.45, 2.75) is 45.5 Å². The molecule has 110 valence electrons. The molecule has 0 saturated carbocycles. The molecule has 0 N–H and O–H groups in total. The minimum atomic E-state index is -2.35. The maximum Gasteiger partial charge on any atom is 0.369 e. The van der Waals surface area contributed by atoms with Gasteiger partial charge in [-0.05, 0) is 22.7 Å². The first-order valence-electron chi connectivity index (χ1n) is 6.51. The fraction of sp³-hybridized carbons (Fsp3) is 0.467. The first kappa shape index (κ1) is 16.9. The van der Waals surface area contributed by atoms with Gasteiger partial charge >= 0.3 is 5.97 Å². The summed E-state index contributed by atoms with van der Waals surface area (Å²) in [6.45, 7) is 9.87. The molecule has 20 heavy (non-hydrogen) atoms. The van der Waals surface area contributed by atoms with Crippen molar-refractivity contribution in [3.8, 4) is 0 Å². The van der Waals surface area contributed by atoms with E-state index in [1.54, 1.807) is 24.3 Å². The smallest absolute Gasteiger partial charge is 0.369 e. The van der Waals surface area contributed by atoms with Crippen molar-refractivity contribution in [1.29, 1.82) is 0 Å². The molecule has 0 bridgehead atoms. The van der Waals surface area contributed by atoms with E-state index in [1.165, 1.54) is 0 Å². The zero-order valence-corrected chi connectivity index (χ0v) is 14.4. The predicted molar refractivity (Wildman–Crippen MR) is 83.5 cm³/mol. The molecular weight excluding hydrogens is 292 g/mol. The summed E-state index contributed by atoms with van der Waals surface area (Å²) in [6, 6.07) is 6.99. The van der Waals surface area contributed by atoms with E-state index >= 15 is 0 Å². The largest absolute Gasteiger partial charge is 0.455 e. The maximum absolute atomic E-state index is 12.3. The summed E-state index contributed by atoms with van der Waals surface area (Å²) in [6.07, 6.45) is 0. The summed E-state index contributed by atoms with van der Waals surface area (Å²) in [5.74, 6) is -0.730. The van der Waals surface area contributed by atoms with E-state index in [0.29, 0.717) is 5.02 Å². The summed E-state index contributed by atoms with van der Waals surface area (Å²) in [5, 5.41) is 0.0833. The van der Waals surface area contributed by atoms with Crippen LogP contribution in [0, 0.1) is 0 Å². The second-order valence-electron chi connectivity index (χ2n) is 6.41. The van der Waals surface area contributed by atoms with Crippen LogP contribution in [0.2, 0.25) is 23.2 Å². The minimum Gasteiger partial charge on any atom is -0.455 e. The van der Waals surface area contributed by atoms with E-state index in [9.17, 15) is 9.59 Å². The number of esters is 1. The molecule has 0 heterocycles. The van der Waals surface area contributed by atoms with Crippen molar-refractivity contribution in [2.75, 3.05) is 0 Å². The molecule has 0 aliphatic heterocycles. The van der Waals surface area contributed by atoms with Crippen LogP contribution in [-0.4, -0.2) is 19.4 Å². The third kappa shape index (κ3) is 3.93. The van der Waals surface area contributed by atoms with Crippen molar-refractivity contribution in [2.24, 2.45) is 0 Å². The van der Waals surface area contributed by atoms with Gasteiger partial charge in [0.15, 0.2) is 0 Å². The van der Waals surface area contributed by atoms with Gasteiger partial charge in [-0.1, -0.05) is 57.6 Å². The number of carbonyl (C=O) groups excluding carboxylic acids is 2. The van der Waals surface area contributed by atoms with Crippen LogP contribution >= 0.6 is 11.6 Å². The van der Waals surface area contributed by atoms with Gasteiger partial charge in [-0.2, -0.15) is 0 Å². The quantitative estimate of drug-likeness (QED) is 0.479. The molecule has 0 atom stereocenters. The minimum absolute atomic E-state index is 0.0936. The van der Waals surface area contributed by atoms with Crippen LogP contribution in [0.15, 0.2) is 24.3 Å². The van der Waals surface area contributed by atoms with Crippen molar-refractivity contribution >= 4 is 31.1 Å². The van der Waals surface area contributed by atoms with Gasteiger partial charge in [0.25, 0.3) is 0 Å². The molecule has 0 aliphatic rings. The van der Waals surface area contributed by atoms with Gasteiger partial charge in [-0.3, -0.25) is 4.79 Å². The fourth-order valence-electron chi connectivity index (χ4n) is 1.39. The molecule has 0 aromatic heterocycles. The van der Waals surface area contributed by atoms with E-state index in [0.717, 1.165) is 5.56 Å². The SMILES string of the molecule is CC(C)(C)[Si](C)(C)C(=O)C(=O)OCc1ccc(Cl)cc1. The van der Waals surface area contributed by atoms with Crippen LogP contribution in [0.4, 0.5) is 0 Å². The molecule has 0 amide bonds. The van der Waals surface area contributed by atoms with Crippen molar-refractivity contribution in [1.82, 2.24) is 0 Å². The topological polar surface area (TPSA) is 43.4 Å². The number of ether oxygens (including phenoxy) is 1. The van der Waals surface area contributed by atoms with Gasteiger partial charge in [0.1, 0.15) is 14.7 Å². The normalized spacial score (nSPS) is 12.1. The van der Waals surface area contributed by atoms with Crippen LogP contribution < -0.4 is 0 Å². The lowest BCUT2D eigenvalue weighted by Gasteiger charge is -2.33. The molecule has 0 spiro atoms. The highest BCUT2D eigenvalue weighted by molar-refractivity contribution is 7.13. The first-order valence-corrected chi connectivity index (χ1v) is 9.89. The van der Waals surface area contributed by atoms with Crippen LogP contribution in [0.5, 0.6) is 0 Å². The van der Waals surface area contributed by atoms with E-state index in [-0.39, 0.29) is 17.1 Å². The van der Waals surface area contributed by atoms with Crippen LogP contribution in [0.1, 0.15) is 26.3 Å². The van der Waals surface area contributed by atoms with Crippen LogP contribution in [0.3, 0.4) is 0 Å². The Balaban J connectivity index is 2.68. The molecular formula is C15H21ClO3Si. The third-order valence-electron chi connectivity index (χ3n) is 3.91. The van der Waals surface area contributed by atoms with Crippen molar-refractivity contribution < 1.29 is 14.3 Å². The molecule has 0 radical (unpaired) electrons. The third-order valence-corrected chi connectivity index (χ3v) is 9.25. The maximum atomic E-state index is 12.3. The number of hydrogen-bond donors (Lipinski definition) is 0. The molecule has 5 heteroatoms. The molecule has 0 aliphatic carbocycles. The Labute approximate surface area is 126 Å². The summed E-state index contributed by atoms with van der Waals surface area (Å²) < 4.78 is 5.11. The number of rotatable bonds is 4. The lowest BCUT2D eigenvalue weighted by atomic mass is 10.2. The molecule has 1 rings (SSSR count). The van der Waals surface area contributed by atoms with E-state index in [2.05, 4.69) is 0 Å². The lowest BCUT2D eigenvalue weighted by molar-refractivity contribution is -0.151. The monoisotopic (exact) mass is 312 g/mol. The fourth-order valence-corrected chi connectivity index (χ4v) is 2.78. The van der Waals surface area contributed by atoms with Crippen LogP contribution in [0.25, 0.3) is 0 Å². The highest BCUT2D eigenvalue weighted by Gasteiger charge is 2.46. The van der Waals surface area contributed by atoms with Gasteiger partial charge in [0.2, 0.25) is 5.41 Å². The van der Waals surface area contributed by atoms with E-state index < -0.39 is 14.0 Å². The zero-order valence-electron chi connectivity index (χ0n) is 12.6. The number of halogens is 1. The molecule has 0 fully saturated rings. The molecule has 1 aromatic rings. The Kier molecular flexibility index (Phi) is 5.16. The van der Waals surface area contributed by atoms with Gasteiger partial charge < -0.3 is 4.74 Å². The van der Waals surface area contributed by atoms with Crippen molar-refractivity contribution in [3.05, 3.63) is 34.9 Å². The van der Waals surface area contributed by atoms with Gasteiger partial charge in [-0.25, -0.2) is 4.79 Å². The number of benzene rings is 1. The average molecular weight is 313 g/mol. The first-order chi connectivity index (χ1) is 9.05. The number of carbonyl (C=O) groups is 2. The second kappa shape index (κ2) is 6.10. The van der Waals surface area contributed by atoms with Crippen LogP contribution in [-0.2, 0) is 20.9 Å². The lowest BCUT2D eigenvalue weighted by Crippen LogP contribution is -2.50. The standard InChI is InChI=1S/C15H21ClO3Si/c1-15(2,3)20(4,5)14(18)13(17)19-10-11-6-8-12(16)9-7-11/h6-9H,10H2,1-5H3. The van der Waals surface area contributed by atoms with Gasteiger partial charge in [-0.15, -0.1) is 0 Å². The number of hydrogen-bond acceptors (Lipinski definition) is 3. The zero-order chi connectivity index (χ0) is 15.6. The molecule has 0 saturated heterocycles. The summed E-state index contributed by atoms with van der Waals surface area (Å²) in [5.41, 5.74) is 0.811. The van der Waals surface area contributed by atoms with E-state index in [4.69, 9.17) is 16.3 Å². The van der Waals surface area contributed by atoms with Gasteiger partial charge in [0, 0.05) is 5.02 Å². The highest BCUT2D eigenvalue weighted by Crippen LogP contribution is 2.36. The predicted octanol–water partition coefficient (Wildman–Crippen LogP) is 4.00.